The average molecular weight is 254 g/mol. The average Bonchev–Trinajstić information content (AvgIpc) is 2.76. The van der Waals surface area contributed by atoms with Gasteiger partial charge in [0.15, 0.2) is 0 Å². The van der Waals surface area contributed by atoms with Gasteiger partial charge >= 0.3 is 0 Å². The number of likely N-dealkylation sites (N-methyl/N-ethyl adjacent to an activating group) is 2. The molecule has 1 N–H and O–H groups in total. The molecule has 1 aromatic heterocycles. The molecular weight excluding hydrogens is 228 g/mol. The molecule has 0 amide bonds. The van der Waals surface area contributed by atoms with Gasteiger partial charge in [-0.05, 0) is 69.7 Å². The summed E-state index contributed by atoms with van der Waals surface area (Å²) >= 11 is 1.79. The molecule has 0 aliphatic rings. The van der Waals surface area contributed by atoms with Crippen LogP contribution >= 0.6 is 11.3 Å². The maximum atomic E-state index is 3.63. The Balaban J connectivity index is 2.59. The van der Waals surface area contributed by atoms with Crippen molar-refractivity contribution in [2.45, 2.75) is 45.2 Å². The minimum absolute atomic E-state index is 0.187. The van der Waals surface area contributed by atoms with Gasteiger partial charge in [-0.1, -0.05) is 6.92 Å². The number of hydrogen-bond acceptors (Lipinski definition) is 3. The first-order chi connectivity index (χ1) is 7.98. The van der Waals surface area contributed by atoms with Crippen LogP contribution in [0.2, 0.25) is 0 Å². The van der Waals surface area contributed by atoms with E-state index < -0.39 is 0 Å². The van der Waals surface area contributed by atoms with Crippen LogP contribution in [0.4, 0.5) is 0 Å². The van der Waals surface area contributed by atoms with Gasteiger partial charge in [-0.15, -0.1) is 0 Å². The zero-order valence-electron chi connectivity index (χ0n) is 11.8. The van der Waals surface area contributed by atoms with E-state index in [2.05, 4.69) is 61.9 Å². The van der Waals surface area contributed by atoms with E-state index >= 15 is 0 Å². The molecule has 0 aromatic carbocycles. The van der Waals surface area contributed by atoms with Crippen LogP contribution in [0.1, 0.15) is 32.8 Å². The number of hydrogen-bond donors (Lipinski definition) is 1. The van der Waals surface area contributed by atoms with E-state index in [1.54, 1.807) is 11.3 Å². The molecule has 1 atom stereocenters. The lowest BCUT2D eigenvalue weighted by molar-refractivity contribution is 0.133. The Morgan fingerprint density at radius 3 is 2.59 bits per heavy atom. The van der Waals surface area contributed by atoms with Gasteiger partial charge in [0.05, 0.1) is 0 Å². The van der Waals surface area contributed by atoms with Crippen LogP contribution in [0.15, 0.2) is 16.8 Å². The molecule has 1 unspecified atom stereocenters. The van der Waals surface area contributed by atoms with Crippen molar-refractivity contribution in [1.82, 2.24) is 10.2 Å². The third kappa shape index (κ3) is 4.09. The molecule has 0 bridgehead atoms. The first-order valence-electron chi connectivity index (χ1n) is 6.40. The minimum atomic E-state index is 0.187. The Hall–Kier alpha value is -0.380. The topological polar surface area (TPSA) is 15.3 Å². The second-order valence-corrected chi connectivity index (χ2v) is 6.11. The summed E-state index contributed by atoms with van der Waals surface area (Å²) in [5.74, 6) is 0. The lowest BCUT2D eigenvalue weighted by Gasteiger charge is -2.40. The summed E-state index contributed by atoms with van der Waals surface area (Å²) < 4.78 is 0. The lowest BCUT2D eigenvalue weighted by Crippen LogP contribution is -2.55. The molecular formula is C14H26N2S. The molecule has 0 aliphatic heterocycles. The fourth-order valence-corrected chi connectivity index (χ4v) is 2.71. The van der Waals surface area contributed by atoms with Crippen LogP contribution in [0.3, 0.4) is 0 Å². The molecule has 17 heavy (non-hydrogen) atoms. The van der Waals surface area contributed by atoms with Crippen LogP contribution in [0.25, 0.3) is 0 Å². The van der Waals surface area contributed by atoms with E-state index in [9.17, 15) is 0 Å². The quantitative estimate of drug-likeness (QED) is 0.805. The van der Waals surface area contributed by atoms with Crippen molar-refractivity contribution in [2.75, 3.05) is 20.6 Å². The van der Waals surface area contributed by atoms with Crippen molar-refractivity contribution in [3.8, 4) is 0 Å². The molecule has 98 valence electrons. The first-order valence-corrected chi connectivity index (χ1v) is 7.34. The van der Waals surface area contributed by atoms with Gasteiger partial charge in [0, 0.05) is 11.6 Å². The van der Waals surface area contributed by atoms with Crippen LogP contribution in [0.5, 0.6) is 0 Å². The Morgan fingerprint density at radius 1 is 1.41 bits per heavy atom. The standard InChI is InChI=1S/C14H26N2S/c1-6-15-13(14(2,3)16(4)5)8-7-12-9-10-17-11-12/h9-11,13,15H,6-8H2,1-5H3. The van der Waals surface area contributed by atoms with Crippen molar-refractivity contribution in [3.05, 3.63) is 22.4 Å². The first kappa shape index (κ1) is 14.7. The predicted octanol–water partition coefficient (Wildman–Crippen LogP) is 3.00. The molecule has 0 aliphatic carbocycles. The molecule has 1 rings (SSSR count). The second-order valence-electron chi connectivity index (χ2n) is 5.33. The van der Waals surface area contributed by atoms with Crippen molar-refractivity contribution in [3.63, 3.8) is 0 Å². The van der Waals surface area contributed by atoms with E-state index in [1.165, 1.54) is 18.4 Å². The third-order valence-electron chi connectivity index (χ3n) is 3.76. The fraction of sp³-hybridized carbons (Fsp3) is 0.714. The molecule has 0 saturated carbocycles. The van der Waals surface area contributed by atoms with Crippen molar-refractivity contribution >= 4 is 11.3 Å². The van der Waals surface area contributed by atoms with Crippen LogP contribution < -0.4 is 5.32 Å². The van der Waals surface area contributed by atoms with E-state index in [0.717, 1.165) is 6.54 Å². The highest BCUT2D eigenvalue weighted by Gasteiger charge is 2.30. The second kappa shape index (κ2) is 6.53. The molecule has 0 spiro atoms. The molecule has 1 aromatic rings. The summed E-state index contributed by atoms with van der Waals surface area (Å²) in [6.07, 6.45) is 2.36. The normalized spacial score (nSPS) is 14.2. The summed E-state index contributed by atoms with van der Waals surface area (Å²) in [6, 6.07) is 2.76. The Labute approximate surface area is 110 Å². The number of thiophene rings is 1. The molecule has 0 radical (unpaired) electrons. The number of rotatable bonds is 7. The molecule has 1 heterocycles. The van der Waals surface area contributed by atoms with Crippen LogP contribution in [0, 0.1) is 0 Å². The highest BCUT2D eigenvalue weighted by Crippen LogP contribution is 2.21. The zero-order chi connectivity index (χ0) is 12.9. The maximum absolute atomic E-state index is 3.63. The fourth-order valence-electron chi connectivity index (χ4n) is 2.01. The maximum Gasteiger partial charge on any atom is 0.0300 e. The highest BCUT2D eigenvalue weighted by molar-refractivity contribution is 7.07. The van der Waals surface area contributed by atoms with E-state index in [1.807, 2.05) is 0 Å². The summed E-state index contributed by atoms with van der Waals surface area (Å²) in [7, 11) is 4.32. The van der Waals surface area contributed by atoms with Gasteiger partial charge in [-0.25, -0.2) is 0 Å². The van der Waals surface area contributed by atoms with Gasteiger partial charge in [0.1, 0.15) is 0 Å². The largest absolute Gasteiger partial charge is 0.312 e. The van der Waals surface area contributed by atoms with Gasteiger partial charge in [0.2, 0.25) is 0 Å². The Kier molecular flexibility index (Phi) is 5.63. The van der Waals surface area contributed by atoms with Gasteiger partial charge < -0.3 is 10.2 Å². The van der Waals surface area contributed by atoms with Gasteiger partial charge in [-0.2, -0.15) is 11.3 Å². The Bertz CT molecular complexity index is 304. The summed E-state index contributed by atoms with van der Waals surface area (Å²) in [5, 5.41) is 8.05. The number of nitrogens with zero attached hydrogens (tertiary/aromatic N) is 1. The smallest absolute Gasteiger partial charge is 0.0300 e. The third-order valence-corrected chi connectivity index (χ3v) is 4.49. The predicted molar refractivity (Wildman–Crippen MR) is 77.9 cm³/mol. The van der Waals surface area contributed by atoms with Crippen LogP contribution in [-0.4, -0.2) is 37.1 Å². The van der Waals surface area contributed by atoms with Crippen molar-refractivity contribution in [1.29, 1.82) is 0 Å². The van der Waals surface area contributed by atoms with Gasteiger partial charge in [0.25, 0.3) is 0 Å². The molecule has 2 nitrogen and oxygen atoms in total. The molecule has 0 fully saturated rings. The molecule has 0 saturated heterocycles. The van der Waals surface area contributed by atoms with Crippen LogP contribution in [-0.2, 0) is 6.42 Å². The summed E-state index contributed by atoms with van der Waals surface area (Å²) in [6.45, 7) is 7.84. The summed E-state index contributed by atoms with van der Waals surface area (Å²) in [4.78, 5) is 2.31. The number of nitrogens with one attached hydrogen (secondary N) is 1. The van der Waals surface area contributed by atoms with E-state index in [-0.39, 0.29) is 5.54 Å². The van der Waals surface area contributed by atoms with Crippen molar-refractivity contribution in [2.24, 2.45) is 0 Å². The highest BCUT2D eigenvalue weighted by atomic mass is 32.1. The van der Waals surface area contributed by atoms with E-state index in [0.29, 0.717) is 6.04 Å². The van der Waals surface area contributed by atoms with E-state index in [4.69, 9.17) is 0 Å². The minimum Gasteiger partial charge on any atom is -0.312 e. The molecule has 3 heteroatoms. The SMILES string of the molecule is CCNC(CCc1ccsc1)C(C)(C)N(C)C. The lowest BCUT2D eigenvalue weighted by atomic mass is 9.88. The Morgan fingerprint density at radius 2 is 2.12 bits per heavy atom. The zero-order valence-corrected chi connectivity index (χ0v) is 12.6. The van der Waals surface area contributed by atoms with Crippen molar-refractivity contribution < 1.29 is 0 Å². The van der Waals surface area contributed by atoms with Gasteiger partial charge in [-0.3, -0.25) is 0 Å². The monoisotopic (exact) mass is 254 g/mol. The number of aryl methyl sites for hydroxylation is 1. The summed E-state index contributed by atoms with van der Waals surface area (Å²) in [5.41, 5.74) is 1.65.